The monoisotopic (exact) mass is 486 g/mol. The first-order valence-corrected chi connectivity index (χ1v) is 12.3. The van der Waals surface area contributed by atoms with Crippen LogP contribution in [0.25, 0.3) is 6.08 Å². The summed E-state index contributed by atoms with van der Waals surface area (Å²) in [4.78, 5) is 27.3. The number of ether oxygens (including phenoxy) is 2. The van der Waals surface area contributed by atoms with Crippen LogP contribution in [0.2, 0.25) is 0 Å². The number of methoxy groups -OCH3 is 2. The number of hydrogen-bond acceptors (Lipinski definition) is 5. The average Bonchev–Trinajstić information content (AvgIpc) is 2.89. The van der Waals surface area contributed by atoms with E-state index >= 15 is 0 Å². The lowest BCUT2D eigenvalue weighted by molar-refractivity contribution is -0.112. The molecule has 3 aromatic rings. The molecule has 1 unspecified atom stereocenters. The summed E-state index contributed by atoms with van der Waals surface area (Å²) in [5.74, 6) is 0.874. The van der Waals surface area contributed by atoms with Gasteiger partial charge < -0.3 is 20.1 Å². The first-order valence-electron chi connectivity index (χ1n) is 11.5. The van der Waals surface area contributed by atoms with Crippen molar-refractivity contribution < 1.29 is 19.1 Å². The number of rotatable bonds is 5. The molecule has 0 radical (unpaired) electrons. The van der Waals surface area contributed by atoms with Crippen molar-refractivity contribution in [1.82, 2.24) is 5.32 Å². The fraction of sp³-hybridized carbons (Fsp3) is 0.214. The molecule has 1 aliphatic carbocycles. The number of anilines is 1. The van der Waals surface area contributed by atoms with Crippen LogP contribution in [-0.4, -0.2) is 26.0 Å². The maximum atomic E-state index is 13.0. The van der Waals surface area contributed by atoms with Crippen LogP contribution < -0.4 is 20.1 Å². The summed E-state index contributed by atoms with van der Waals surface area (Å²) in [6.07, 6.45) is 4.83. The molecule has 178 valence electrons. The quantitative estimate of drug-likeness (QED) is 0.460. The second kappa shape index (κ2) is 9.88. The number of aryl methyl sites for hydroxylation is 1. The Hall–Kier alpha value is -3.71. The molecule has 3 aromatic carbocycles. The third-order valence-corrected chi connectivity index (χ3v) is 7.41. The summed E-state index contributed by atoms with van der Waals surface area (Å²) < 4.78 is 10.6. The van der Waals surface area contributed by atoms with E-state index in [4.69, 9.17) is 9.47 Å². The van der Waals surface area contributed by atoms with Crippen LogP contribution in [0.4, 0.5) is 5.69 Å². The first kappa shape index (κ1) is 23.1. The Balaban J connectivity index is 1.34. The zero-order valence-electron chi connectivity index (χ0n) is 19.6. The number of nitrogens with one attached hydrogen (secondary N) is 2. The van der Waals surface area contributed by atoms with Crippen molar-refractivity contribution >= 4 is 35.3 Å². The van der Waals surface area contributed by atoms with Crippen LogP contribution >= 0.6 is 11.8 Å². The van der Waals surface area contributed by atoms with Crippen LogP contribution in [0.15, 0.2) is 70.5 Å². The van der Waals surface area contributed by atoms with Crippen LogP contribution in [0.3, 0.4) is 0 Å². The predicted octanol–water partition coefficient (Wildman–Crippen LogP) is 5.60. The highest BCUT2D eigenvalue weighted by molar-refractivity contribution is 8.04. The highest BCUT2D eigenvalue weighted by Crippen LogP contribution is 2.40. The van der Waals surface area contributed by atoms with Gasteiger partial charge in [-0.15, -0.1) is 0 Å². The number of benzene rings is 3. The Labute approximate surface area is 208 Å². The summed E-state index contributed by atoms with van der Waals surface area (Å²) in [7, 11) is 3.16. The van der Waals surface area contributed by atoms with Gasteiger partial charge >= 0.3 is 0 Å². The van der Waals surface area contributed by atoms with Gasteiger partial charge in [-0.05, 0) is 72.4 Å². The standard InChI is InChI=1S/C28H26N2O4S/c1-33-23-12-10-17(14-24(23)34-2)15-26-28(32)30-22-16-19(11-13-25(22)35-26)27(31)29-21-9-5-7-18-6-3-4-8-20(18)21/h3-4,6,8,10-16,21H,5,7,9H2,1-2H3,(H,29,31)(H,30,32)/b26-15+. The van der Waals surface area contributed by atoms with E-state index in [9.17, 15) is 9.59 Å². The summed E-state index contributed by atoms with van der Waals surface area (Å²) >= 11 is 1.38. The highest BCUT2D eigenvalue weighted by atomic mass is 32.2. The molecule has 1 heterocycles. The average molecular weight is 487 g/mol. The largest absolute Gasteiger partial charge is 0.493 e. The Morgan fingerprint density at radius 3 is 2.71 bits per heavy atom. The molecule has 1 atom stereocenters. The van der Waals surface area contributed by atoms with Crippen molar-refractivity contribution in [3.05, 3.63) is 87.8 Å². The molecule has 2 N–H and O–H groups in total. The van der Waals surface area contributed by atoms with Crippen LogP contribution in [0.1, 0.15) is 45.9 Å². The minimum Gasteiger partial charge on any atom is -0.493 e. The lowest BCUT2D eigenvalue weighted by Gasteiger charge is -2.26. The Morgan fingerprint density at radius 2 is 1.89 bits per heavy atom. The smallest absolute Gasteiger partial charge is 0.262 e. The maximum absolute atomic E-state index is 13.0. The number of amides is 2. The summed E-state index contributed by atoms with van der Waals surface area (Å²) in [5.41, 5.74) is 4.49. The third kappa shape index (κ3) is 4.77. The molecular weight excluding hydrogens is 460 g/mol. The molecule has 0 bridgehead atoms. The van der Waals surface area contributed by atoms with Gasteiger partial charge in [0.15, 0.2) is 11.5 Å². The number of carbonyl (C=O) groups is 2. The van der Waals surface area contributed by atoms with E-state index in [1.165, 1.54) is 22.9 Å². The molecule has 0 aromatic heterocycles. The molecule has 2 amide bonds. The van der Waals surface area contributed by atoms with E-state index in [1.54, 1.807) is 32.4 Å². The zero-order chi connectivity index (χ0) is 24.4. The van der Waals surface area contributed by atoms with E-state index in [2.05, 4.69) is 22.8 Å². The molecule has 1 aliphatic heterocycles. The van der Waals surface area contributed by atoms with Crippen molar-refractivity contribution in [3.63, 3.8) is 0 Å². The second-order valence-corrected chi connectivity index (χ2v) is 9.59. The lowest BCUT2D eigenvalue weighted by atomic mass is 9.87. The molecule has 0 saturated heterocycles. The van der Waals surface area contributed by atoms with Crippen molar-refractivity contribution in [2.45, 2.75) is 30.2 Å². The molecule has 6 nitrogen and oxygen atoms in total. The molecular formula is C28H26N2O4S. The van der Waals surface area contributed by atoms with Crippen molar-refractivity contribution in [2.24, 2.45) is 0 Å². The van der Waals surface area contributed by atoms with Crippen molar-refractivity contribution in [1.29, 1.82) is 0 Å². The van der Waals surface area contributed by atoms with E-state index in [0.717, 1.165) is 29.7 Å². The van der Waals surface area contributed by atoms with E-state index < -0.39 is 0 Å². The SMILES string of the molecule is COc1ccc(/C=C2/Sc3ccc(C(=O)NC4CCCc5ccccc54)cc3NC2=O)cc1OC. The summed E-state index contributed by atoms with van der Waals surface area (Å²) in [6, 6.07) is 19.2. The van der Waals surface area contributed by atoms with E-state index in [1.807, 2.05) is 36.4 Å². The van der Waals surface area contributed by atoms with Gasteiger partial charge in [0, 0.05) is 10.5 Å². The van der Waals surface area contributed by atoms with E-state index in [-0.39, 0.29) is 17.9 Å². The number of hydrogen-bond donors (Lipinski definition) is 2. The molecule has 7 heteroatoms. The van der Waals surface area contributed by atoms with E-state index in [0.29, 0.717) is 27.7 Å². The Morgan fingerprint density at radius 1 is 1.06 bits per heavy atom. The fourth-order valence-corrected chi connectivity index (χ4v) is 5.47. The highest BCUT2D eigenvalue weighted by Gasteiger charge is 2.25. The molecule has 5 rings (SSSR count). The van der Waals surface area contributed by atoms with Gasteiger partial charge in [0.05, 0.1) is 30.9 Å². The second-order valence-electron chi connectivity index (χ2n) is 8.51. The number of thioether (sulfide) groups is 1. The van der Waals surface area contributed by atoms with Gasteiger partial charge in [0.2, 0.25) is 0 Å². The minimum absolute atomic E-state index is 0.00322. The molecule has 35 heavy (non-hydrogen) atoms. The first-order chi connectivity index (χ1) is 17.1. The molecule has 2 aliphatic rings. The number of carbonyl (C=O) groups excluding carboxylic acids is 2. The Bertz CT molecular complexity index is 1330. The predicted molar refractivity (Wildman–Crippen MR) is 138 cm³/mol. The van der Waals surface area contributed by atoms with Crippen molar-refractivity contribution in [3.8, 4) is 11.5 Å². The van der Waals surface area contributed by atoms with Crippen molar-refractivity contribution in [2.75, 3.05) is 19.5 Å². The molecule has 0 spiro atoms. The molecule has 0 saturated carbocycles. The summed E-state index contributed by atoms with van der Waals surface area (Å²) in [5, 5.41) is 6.11. The number of fused-ring (bicyclic) bond motifs is 2. The summed E-state index contributed by atoms with van der Waals surface area (Å²) in [6.45, 7) is 0. The van der Waals surface area contributed by atoms with Gasteiger partial charge in [0.1, 0.15) is 0 Å². The normalized spacial score (nSPS) is 17.7. The van der Waals surface area contributed by atoms with Crippen LogP contribution in [-0.2, 0) is 11.2 Å². The lowest BCUT2D eigenvalue weighted by Crippen LogP contribution is -2.31. The third-order valence-electron chi connectivity index (χ3n) is 6.31. The van der Waals surface area contributed by atoms with Crippen LogP contribution in [0.5, 0.6) is 11.5 Å². The maximum Gasteiger partial charge on any atom is 0.262 e. The Kier molecular flexibility index (Phi) is 6.51. The van der Waals surface area contributed by atoms with Gasteiger partial charge in [-0.3, -0.25) is 9.59 Å². The van der Waals surface area contributed by atoms with Gasteiger partial charge in [-0.1, -0.05) is 42.1 Å². The minimum atomic E-state index is -0.212. The van der Waals surface area contributed by atoms with Crippen LogP contribution in [0, 0.1) is 0 Å². The topological polar surface area (TPSA) is 76.7 Å². The van der Waals surface area contributed by atoms with Gasteiger partial charge in [-0.25, -0.2) is 0 Å². The zero-order valence-corrected chi connectivity index (χ0v) is 20.4. The van der Waals surface area contributed by atoms with Gasteiger partial charge in [0.25, 0.3) is 11.8 Å². The molecule has 0 fully saturated rings. The van der Waals surface area contributed by atoms with Gasteiger partial charge in [-0.2, -0.15) is 0 Å². The fourth-order valence-electron chi connectivity index (χ4n) is 4.54.